The van der Waals surface area contributed by atoms with Gasteiger partial charge in [0.25, 0.3) is 5.91 Å². The van der Waals surface area contributed by atoms with Gasteiger partial charge in [0, 0.05) is 7.05 Å². The summed E-state index contributed by atoms with van der Waals surface area (Å²) in [4.78, 5) is 20.0. The van der Waals surface area contributed by atoms with E-state index in [1.165, 1.54) is 31.4 Å². The second-order valence-corrected chi connectivity index (χ2v) is 8.46. The lowest BCUT2D eigenvalue weighted by atomic mass is 10.1. The zero-order valence-corrected chi connectivity index (χ0v) is 18.0. The average molecular weight is 465 g/mol. The van der Waals surface area contributed by atoms with Crippen molar-refractivity contribution in [3.05, 3.63) is 65.1 Å². The molecule has 0 aliphatic heterocycles. The van der Waals surface area contributed by atoms with Gasteiger partial charge in [-0.3, -0.25) is 9.52 Å². The number of rotatable bonds is 7. The molecule has 0 saturated heterocycles. The van der Waals surface area contributed by atoms with Crippen molar-refractivity contribution in [2.45, 2.75) is 0 Å². The van der Waals surface area contributed by atoms with Gasteiger partial charge < -0.3 is 16.0 Å². The quantitative estimate of drug-likeness (QED) is 0.421. The predicted molar refractivity (Wildman–Crippen MR) is 118 cm³/mol. The molecule has 4 N–H and O–H groups in total. The number of para-hydroxylation sites is 2. The van der Waals surface area contributed by atoms with Crippen LogP contribution >= 0.6 is 11.6 Å². The summed E-state index contributed by atoms with van der Waals surface area (Å²) in [5.74, 6) is -1.17. The Hall–Kier alpha value is -3.44. The van der Waals surface area contributed by atoms with Crippen LogP contribution < -0.4 is 20.7 Å². The van der Waals surface area contributed by atoms with Crippen LogP contribution in [0.25, 0.3) is 0 Å². The number of sulfonamides is 1. The monoisotopic (exact) mass is 464 g/mol. The lowest BCUT2D eigenvalue weighted by Gasteiger charge is -2.14. The van der Waals surface area contributed by atoms with E-state index in [1.807, 2.05) is 0 Å². The SMILES string of the molecule is CNC(=O)c1cccc(Nc2ncc(Cl)c(Nc3ccccc3NS(C)(=O)=O)n2)c1F. The lowest BCUT2D eigenvalue weighted by Crippen LogP contribution is -2.19. The molecule has 0 atom stereocenters. The van der Waals surface area contributed by atoms with Gasteiger partial charge >= 0.3 is 0 Å². The molecule has 3 rings (SSSR count). The van der Waals surface area contributed by atoms with Gasteiger partial charge in [-0.05, 0) is 24.3 Å². The predicted octanol–water partition coefficient (Wildman–Crippen LogP) is 3.49. The number of halogens is 2. The third-order valence-corrected chi connectivity index (χ3v) is 4.80. The van der Waals surface area contributed by atoms with Gasteiger partial charge in [-0.2, -0.15) is 4.98 Å². The van der Waals surface area contributed by atoms with E-state index >= 15 is 0 Å². The molecular weight excluding hydrogens is 447 g/mol. The molecule has 3 aromatic rings. The van der Waals surface area contributed by atoms with E-state index < -0.39 is 21.7 Å². The summed E-state index contributed by atoms with van der Waals surface area (Å²) in [6.07, 6.45) is 2.33. The number of nitrogens with zero attached hydrogens (tertiary/aromatic N) is 2. The Morgan fingerprint density at radius 2 is 1.71 bits per heavy atom. The summed E-state index contributed by atoms with van der Waals surface area (Å²) in [5.41, 5.74) is 0.542. The molecule has 0 unspecified atom stereocenters. The van der Waals surface area contributed by atoms with Crippen LogP contribution in [0, 0.1) is 5.82 Å². The molecule has 2 aromatic carbocycles. The van der Waals surface area contributed by atoms with Crippen molar-refractivity contribution in [3.8, 4) is 0 Å². The Labute approximate surface area is 183 Å². The Kier molecular flexibility index (Phi) is 6.56. The zero-order valence-electron chi connectivity index (χ0n) is 16.4. The van der Waals surface area contributed by atoms with Crippen LogP contribution in [-0.4, -0.2) is 37.6 Å². The van der Waals surface area contributed by atoms with Gasteiger partial charge in [0.1, 0.15) is 5.02 Å². The minimum absolute atomic E-state index is 0.00600. The van der Waals surface area contributed by atoms with Crippen molar-refractivity contribution < 1.29 is 17.6 Å². The number of hydrogen-bond donors (Lipinski definition) is 4. The number of nitrogens with one attached hydrogen (secondary N) is 4. The molecule has 12 heteroatoms. The van der Waals surface area contributed by atoms with E-state index in [4.69, 9.17) is 11.6 Å². The van der Waals surface area contributed by atoms with Gasteiger partial charge in [0.05, 0.1) is 35.1 Å². The fraction of sp³-hybridized carbons (Fsp3) is 0.105. The number of aromatic nitrogens is 2. The second-order valence-electron chi connectivity index (χ2n) is 6.31. The highest BCUT2D eigenvalue weighted by Gasteiger charge is 2.16. The van der Waals surface area contributed by atoms with Gasteiger partial charge in [-0.15, -0.1) is 0 Å². The minimum Gasteiger partial charge on any atom is -0.355 e. The third kappa shape index (κ3) is 5.58. The summed E-state index contributed by atoms with van der Waals surface area (Å²) in [5, 5.41) is 8.16. The van der Waals surface area contributed by atoms with Crippen molar-refractivity contribution >= 4 is 56.4 Å². The van der Waals surface area contributed by atoms with E-state index in [-0.39, 0.29) is 28.0 Å². The Balaban J connectivity index is 1.90. The highest BCUT2D eigenvalue weighted by atomic mass is 35.5. The number of carbonyl (C=O) groups excluding carboxylic acids is 1. The van der Waals surface area contributed by atoms with Gasteiger partial charge in [0.2, 0.25) is 16.0 Å². The molecule has 0 bridgehead atoms. The standard InChI is InChI=1S/C19H18ClFN6O3S/c1-22-18(28)11-6-5-9-15(16(11)21)25-19-23-10-12(20)17(26-19)24-13-7-3-4-8-14(13)27-31(2,29)30/h3-10,27H,1-2H3,(H,22,28)(H2,23,24,25,26). The van der Waals surface area contributed by atoms with Crippen LogP contribution in [0.1, 0.15) is 10.4 Å². The summed E-state index contributed by atoms with van der Waals surface area (Å²) < 4.78 is 40.2. The molecule has 31 heavy (non-hydrogen) atoms. The fourth-order valence-corrected chi connectivity index (χ4v) is 3.30. The first kappa shape index (κ1) is 22.2. The van der Waals surface area contributed by atoms with Crippen LogP contribution in [-0.2, 0) is 10.0 Å². The highest BCUT2D eigenvalue weighted by Crippen LogP contribution is 2.30. The molecule has 0 saturated carbocycles. The van der Waals surface area contributed by atoms with Crippen LogP contribution in [0.2, 0.25) is 5.02 Å². The minimum atomic E-state index is -3.51. The van der Waals surface area contributed by atoms with Gasteiger partial charge in [-0.1, -0.05) is 29.8 Å². The fourth-order valence-electron chi connectivity index (χ4n) is 2.58. The molecule has 9 nitrogen and oxygen atoms in total. The van der Waals surface area contributed by atoms with Crippen molar-refractivity contribution in [2.24, 2.45) is 0 Å². The Morgan fingerprint density at radius 3 is 2.39 bits per heavy atom. The molecule has 0 radical (unpaired) electrons. The van der Waals surface area contributed by atoms with Crippen LogP contribution in [0.15, 0.2) is 48.7 Å². The molecule has 0 spiro atoms. The van der Waals surface area contributed by atoms with Gasteiger partial charge in [-0.25, -0.2) is 17.8 Å². The topological polar surface area (TPSA) is 125 Å². The van der Waals surface area contributed by atoms with E-state index in [1.54, 1.807) is 24.3 Å². The normalized spacial score (nSPS) is 11.0. The summed E-state index contributed by atoms with van der Waals surface area (Å²) in [7, 11) is -2.11. The molecule has 1 heterocycles. The summed E-state index contributed by atoms with van der Waals surface area (Å²) in [6.45, 7) is 0. The molecule has 0 fully saturated rings. The second kappa shape index (κ2) is 9.14. The molecule has 1 aromatic heterocycles. The number of hydrogen-bond acceptors (Lipinski definition) is 7. The Morgan fingerprint density at radius 1 is 1.03 bits per heavy atom. The maximum Gasteiger partial charge on any atom is 0.254 e. The molecule has 1 amide bonds. The van der Waals surface area contributed by atoms with E-state index in [0.717, 1.165) is 6.26 Å². The van der Waals surface area contributed by atoms with Crippen molar-refractivity contribution in [2.75, 3.05) is 28.7 Å². The zero-order chi connectivity index (χ0) is 22.6. The molecular formula is C19H18ClFN6O3S. The lowest BCUT2D eigenvalue weighted by molar-refractivity contribution is 0.0959. The highest BCUT2D eigenvalue weighted by molar-refractivity contribution is 7.92. The largest absolute Gasteiger partial charge is 0.355 e. The maximum absolute atomic E-state index is 14.6. The average Bonchev–Trinajstić information content (AvgIpc) is 2.72. The number of amides is 1. The smallest absolute Gasteiger partial charge is 0.254 e. The van der Waals surface area contributed by atoms with E-state index in [2.05, 4.69) is 30.6 Å². The molecule has 162 valence electrons. The van der Waals surface area contributed by atoms with Crippen LogP contribution in [0.3, 0.4) is 0 Å². The molecule has 0 aliphatic carbocycles. The van der Waals surface area contributed by atoms with E-state index in [0.29, 0.717) is 11.4 Å². The number of benzene rings is 2. The third-order valence-electron chi connectivity index (χ3n) is 3.94. The number of anilines is 5. The van der Waals surface area contributed by atoms with Crippen LogP contribution in [0.5, 0.6) is 0 Å². The van der Waals surface area contributed by atoms with Crippen molar-refractivity contribution in [3.63, 3.8) is 0 Å². The first-order valence-corrected chi connectivity index (χ1v) is 11.1. The first-order valence-electron chi connectivity index (χ1n) is 8.82. The van der Waals surface area contributed by atoms with Gasteiger partial charge in [0.15, 0.2) is 11.6 Å². The van der Waals surface area contributed by atoms with Crippen LogP contribution in [0.4, 0.5) is 33.2 Å². The summed E-state index contributed by atoms with van der Waals surface area (Å²) >= 11 is 6.17. The maximum atomic E-state index is 14.6. The summed E-state index contributed by atoms with van der Waals surface area (Å²) in [6, 6.07) is 10.8. The van der Waals surface area contributed by atoms with Crippen molar-refractivity contribution in [1.82, 2.24) is 15.3 Å². The number of carbonyl (C=O) groups is 1. The van der Waals surface area contributed by atoms with Crippen molar-refractivity contribution in [1.29, 1.82) is 0 Å². The molecule has 0 aliphatic rings. The van der Waals surface area contributed by atoms with E-state index in [9.17, 15) is 17.6 Å². The Bertz CT molecular complexity index is 1240. The first-order chi connectivity index (χ1) is 14.7.